The molecule has 0 aliphatic carbocycles. The van der Waals surface area contributed by atoms with Crippen LogP contribution in [-0.2, 0) is 9.47 Å². The molecule has 0 aromatic carbocycles. The first-order valence-corrected chi connectivity index (χ1v) is 4.87. The predicted molar refractivity (Wildman–Crippen MR) is 48.9 cm³/mol. The Hall–Kier alpha value is -0.0800. The van der Waals surface area contributed by atoms with Crippen LogP contribution in [-0.4, -0.2) is 25.9 Å². The molecular weight excluding hydrogens is 152 g/mol. The number of ether oxygens (including phenoxy) is 2. The van der Waals surface area contributed by atoms with E-state index in [1.165, 1.54) is 6.42 Å². The van der Waals surface area contributed by atoms with Gasteiger partial charge < -0.3 is 9.47 Å². The van der Waals surface area contributed by atoms with Crippen molar-refractivity contribution in [3.8, 4) is 0 Å². The molecule has 1 aliphatic heterocycles. The van der Waals surface area contributed by atoms with Gasteiger partial charge in [-0.05, 0) is 12.3 Å². The summed E-state index contributed by atoms with van der Waals surface area (Å²) in [5, 5.41) is 0. The molecule has 0 N–H and O–H groups in total. The van der Waals surface area contributed by atoms with E-state index in [0.717, 1.165) is 32.7 Å². The molecule has 1 radical (unpaired) electrons. The second-order valence-corrected chi connectivity index (χ2v) is 3.29. The number of hydrogen-bond donors (Lipinski definition) is 0. The lowest BCUT2D eigenvalue weighted by atomic mass is 9.94. The molecule has 1 aliphatic rings. The minimum atomic E-state index is 0.325. The molecule has 12 heavy (non-hydrogen) atoms. The van der Waals surface area contributed by atoms with Crippen LogP contribution in [0.25, 0.3) is 0 Å². The zero-order valence-electron chi connectivity index (χ0n) is 7.92. The van der Waals surface area contributed by atoms with Crippen LogP contribution in [0.2, 0.25) is 0 Å². The summed E-state index contributed by atoms with van der Waals surface area (Å²) in [5.41, 5.74) is 0. The normalized spacial score (nSPS) is 27.0. The number of hydrogen-bond acceptors (Lipinski definition) is 2. The Balaban J connectivity index is 2.29. The summed E-state index contributed by atoms with van der Waals surface area (Å²) in [6, 6.07) is 0. The minimum Gasteiger partial charge on any atom is -0.376 e. The van der Waals surface area contributed by atoms with E-state index in [1.54, 1.807) is 0 Å². The van der Waals surface area contributed by atoms with Crippen molar-refractivity contribution in [1.29, 1.82) is 0 Å². The maximum absolute atomic E-state index is 5.63. The average Bonchev–Trinajstić information content (AvgIpc) is 2.15. The molecule has 0 aromatic heterocycles. The van der Waals surface area contributed by atoms with Crippen molar-refractivity contribution in [3.63, 3.8) is 0 Å². The summed E-state index contributed by atoms with van der Waals surface area (Å²) in [5.74, 6) is 0.641. The van der Waals surface area contributed by atoms with Gasteiger partial charge in [0.1, 0.15) is 0 Å². The van der Waals surface area contributed by atoms with Crippen LogP contribution in [0.5, 0.6) is 0 Å². The third kappa shape index (κ3) is 2.76. The third-order valence-corrected chi connectivity index (χ3v) is 2.47. The second-order valence-electron chi connectivity index (χ2n) is 3.29. The molecule has 71 valence electrons. The highest BCUT2D eigenvalue weighted by atomic mass is 16.6. The van der Waals surface area contributed by atoms with Gasteiger partial charge >= 0.3 is 0 Å². The lowest BCUT2D eigenvalue weighted by molar-refractivity contribution is -0.112. The van der Waals surface area contributed by atoms with Crippen LogP contribution < -0.4 is 0 Å². The maximum Gasteiger partial charge on any atom is 0.0837 e. The van der Waals surface area contributed by atoms with Crippen LogP contribution in [0.4, 0.5) is 0 Å². The summed E-state index contributed by atoms with van der Waals surface area (Å²) in [4.78, 5) is 0. The zero-order chi connectivity index (χ0) is 8.81. The Morgan fingerprint density at radius 2 is 2.33 bits per heavy atom. The monoisotopic (exact) mass is 171 g/mol. The predicted octanol–water partition coefficient (Wildman–Crippen LogP) is 2.04. The highest BCUT2D eigenvalue weighted by Crippen LogP contribution is 2.20. The van der Waals surface area contributed by atoms with Gasteiger partial charge in [0.25, 0.3) is 0 Å². The fraction of sp³-hybridized carbons (Fsp3) is 0.900. The highest BCUT2D eigenvalue weighted by molar-refractivity contribution is 4.71. The van der Waals surface area contributed by atoms with Crippen LogP contribution >= 0.6 is 0 Å². The van der Waals surface area contributed by atoms with Gasteiger partial charge in [0.05, 0.1) is 25.9 Å². The molecule has 0 saturated carbocycles. The van der Waals surface area contributed by atoms with Crippen molar-refractivity contribution in [1.82, 2.24) is 0 Å². The second kappa shape index (κ2) is 5.55. The van der Waals surface area contributed by atoms with Crippen LogP contribution in [0, 0.1) is 12.8 Å². The quantitative estimate of drug-likeness (QED) is 0.644. The van der Waals surface area contributed by atoms with Gasteiger partial charge in [-0.25, -0.2) is 0 Å². The zero-order valence-corrected chi connectivity index (χ0v) is 7.92. The smallest absolute Gasteiger partial charge is 0.0837 e. The highest BCUT2D eigenvalue weighted by Gasteiger charge is 2.22. The maximum atomic E-state index is 5.63. The summed E-state index contributed by atoms with van der Waals surface area (Å²) < 4.78 is 11.0. The van der Waals surface area contributed by atoms with E-state index in [-0.39, 0.29) is 0 Å². The van der Waals surface area contributed by atoms with E-state index in [0.29, 0.717) is 12.0 Å². The van der Waals surface area contributed by atoms with Gasteiger partial charge in [-0.1, -0.05) is 26.7 Å². The van der Waals surface area contributed by atoms with Crippen molar-refractivity contribution in [2.45, 2.75) is 32.3 Å². The molecule has 1 heterocycles. The first-order chi connectivity index (χ1) is 5.88. The van der Waals surface area contributed by atoms with Gasteiger partial charge in [-0.2, -0.15) is 0 Å². The van der Waals surface area contributed by atoms with E-state index >= 15 is 0 Å². The number of rotatable bonds is 4. The summed E-state index contributed by atoms with van der Waals surface area (Å²) in [7, 11) is 0. The van der Waals surface area contributed by atoms with Gasteiger partial charge in [-0.15, -0.1) is 0 Å². The lowest BCUT2D eigenvalue weighted by Gasteiger charge is -2.29. The Morgan fingerprint density at radius 1 is 1.50 bits per heavy atom. The lowest BCUT2D eigenvalue weighted by Crippen LogP contribution is -2.34. The Bertz CT molecular complexity index is 106. The van der Waals surface area contributed by atoms with Crippen LogP contribution in [0.15, 0.2) is 0 Å². The van der Waals surface area contributed by atoms with Gasteiger partial charge in [0, 0.05) is 0 Å². The van der Waals surface area contributed by atoms with Gasteiger partial charge in [0.2, 0.25) is 0 Å². The molecule has 2 atom stereocenters. The third-order valence-electron chi connectivity index (χ3n) is 2.47. The van der Waals surface area contributed by atoms with Crippen molar-refractivity contribution < 1.29 is 9.47 Å². The molecule has 1 rings (SSSR count). The van der Waals surface area contributed by atoms with Crippen molar-refractivity contribution in [3.05, 3.63) is 6.92 Å². The van der Waals surface area contributed by atoms with Crippen molar-refractivity contribution >= 4 is 0 Å². The fourth-order valence-electron chi connectivity index (χ4n) is 1.69. The molecule has 0 bridgehead atoms. The molecule has 2 nitrogen and oxygen atoms in total. The fourth-order valence-corrected chi connectivity index (χ4v) is 1.69. The van der Waals surface area contributed by atoms with Crippen molar-refractivity contribution in [2.24, 2.45) is 5.92 Å². The van der Waals surface area contributed by atoms with Gasteiger partial charge in [-0.3, -0.25) is 0 Å². The first kappa shape index (κ1) is 10.0. The van der Waals surface area contributed by atoms with Crippen LogP contribution in [0.1, 0.15) is 26.2 Å². The van der Waals surface area contributed by atoms with Gasteiger partial charge in [0.15, 0.2) is 0 Å². The molecule has 0 aromatic rings. The summed E-state index contributed by atoms with van der Waals surface area (Å²) in [6.45, 7) is 8.38. The Labute approximate surface area is 75.2 Å². The van der Waals surface area contributed by atoms with Crippen molar-refractivity contribution in [2.75, 3.05) is 19.8 Å². The van der Waals surface area contributed by atoms with E-state index in [9.17, 15) is 0 Å². The molecular formula is C10H19O2. The van der Waals surface area contributed by atoms with E-state index in [2.05, 4.69) is 13.8 Å². The average molecular weight is 171 g/mol. The molecule has 0 spiro atoms. The largest absolute Gasteiger partial charge is 0.376 e. The van der Waals surface area contributed by atoms with E-state index in [1.807, 2.05) is 0 Å². The molecule has 0 amide bonds. The Kier molecular flexibility index (Phi) is 4.62. The molecule has 2 heteroatoms. The summed E-state index contributed by atoms with van der Waals surface area (Å²) in [6.07, 6.45) is 3.65. The topological polar surface area (TPSA) is 18.5 Å². The Morgan fingerprint density at radius 3 is 2.83 bits per heavy atom. The molecule has 2 unspecified atom stereocenters. The molecule has 1 fully saturated rings. The van der Waals surface area contributed by atoms with Crippen LogP contribution in [0.3, 0.4) is 0 Å². The molecule has 1 saturated heterocycles. The van der Waals surface area contributed by atoms with E-state index in [4.69, 9.17) is 9.47 Å². The standard InChI is InChI=1S/C10H19O2/c1-3-5-9(4-2)10-8-11-6-7-12-10/h9-10H,1,3-8H2,2H3. The SMILES string of the molecule is [CH2]CCC(CC)C1COCCO1. The minimum absolute atomic E-state index is 0.325. The summed E-state index contributed by atoms with van der Waals surface area (Å²) >= 11 is 0. The first-order valence-electron chi connectivity index (χ1n) is 4.87. The van der Waals surface area contributed by atoms with E-state index < -0.39 is 0 Å².